The molecule has 0 heterocycles. The van der Waals surface area contributed by atoms with Crippen molar-refractivity contribution in [1.29, 1.82) is 0 Å². The molecule has 2 fully saturated rings. The van der Waals surface area contributed by atoms with Gasteiger partial charge in [0.2, 0.25) is 0 Å². The Morgan fingerprint density at radius 1 is 1.25 bits per heavy atom. The van der Waals surface area contributed by atoms with Crippen molar-refractivity contribution in [3.8, 4) is 0 Å². The lowest BCUT2D eigenvalue weighted by Gasteiger charge is -2.29. The van der Waals surface area contributed by atoms with E-state index in [1.165, 1.54) is 19.3 Å². The summed E-state index contributed by atoms with van der Waals surface area (Å²) in [6.45, 7) is 4.66. The smallest absolute Gasteiger partial charge is 0.0571 e. The molecule has 0 amide bonds. The van der Waals surface area contributed by atoms with Crippen LogP contribution >= 0.6 is 0 Å². The molecule has 0 aromatic heterocycles. The second-order valence-electron chi connectivity index (χ2n) is 4.84. The lowest BCUT2D eigenvalue weighted by Crippen LogP contribution is -2.25. The highest BCUT2D eigenvalue weighted by Gasteiger charge is 2.46. The lowest BCUT2D eigenvalue weighted by molar-refractivity contribution is 0.0813. The van der Waals surface area contributed by atoms with Gasteiger partial charge in [-0.15, -0.1) is 0 Å². The molecule has 2 rings (SSSR count). The first-order chi connectivity index (χ1) is 5.72. The van der Waals surface area contributed by atoms with Gasteiger partial charge in [0.1, 0.15) is 0 Å². The largest absolute Gasteiger partial charge is 0.393 e. The van der Waals surface area contributed by atoms with Crippen molar-refractivity contribution in [3.05, 3.63) is 0 Å². The average Bonchev–Trinajstić information content (AvgIpc) is 2.60. The van der Waals surface area contributed by atoms with Gasteiger partial charge in [0, 0.05) is 0 Å². The molecular formula is C11H20O. The zero-order chi connectivity index (χ0) is 8.72. The highest BCUT2D eigenvalue weighted by Crippen LogP contribution is 2.51. The minimum Gasteiger partial charge on any atom is -0.393 e. The first kappa shape index (κ1) is 8.55. The summed E-state index contributed by atoms with van der Waals surface area (Å²) >= 11 is 0. The van der Waals surface area contributed by atoms with Crippen LogP contribution in [0.25, 0.3) is 0 Å². The quantitative estimate of drug-likeness (QED) is 0.671. The van der Waals surface area contributed by atoms with Crippen LogP contribution < -0.4 is 0 Å². The van der Waals surface area contributed by atoms with Crippen molar-refractivity contribution in [3.63, 3.8) is 0 Å². The van der Waals surface area contributed by atoms with E-state index in [0.717, 1.165) is 24.2 Å². The van der Waals surface area contributed by atoms with E-state index >= 15 is 0 Å². The molecule has 0 spiro atoms. The van der Waals surface area contributed by atoms with Crippen LogP contribution in [0.5, 0.6) is 0 Å². The summed E-state index contributed by atoms with van der Waals surface area (Å²) in [5.41, 5.74) is 0. The highest BCUT2D eigenvalue weighted by molar-refractivity contribution is 4.96. The molecule has 2 saturated carbocycles. The van der Waals surface area contributed by atoms with Crippen molar-refractivity contribution in [2.45, 2.75) is 45.6 Å². The van der Waals surface area contributed by atoms with E-state index in [2.05, 4.69) is 13.8 Å². The monoisotopic (exact) mass is 168 g/mol. The molecule has 0 radical (unpaired) electrons. The molecule has 12 heavy (non-hydrogen) atoms. The molecule has 2 aliphatic rings. The van der Waals surface area contributed by atoms with E-state index < -0.39 is 0 Å². The van der Waals surface area contributed by atoms with Crippen LogP contribution in [0, 0.1) is 23.7 Å². The van der Waals surface area contributed by atoms with E-state index in [-0.39, 0.29) is 6.10 Å². The molecule has 1 nitrogen and oxygen atoms in total. The van der Waals surface area contributed by atoms with E-state index in [4.69, 9.17) is 0 Å². The van der Waals surface area contributed by atoms with Gasteiger partial charge in [0.15, 0.2) is 0 Å². The Balaban J connectivity index is 1.98. The number of aliphatic hydroxyl groups is 1. The number of hydrogen-bond acceptors (Lipinski definition) is 1. The number of hydrogen-bond donors (Lipinski definition) is 1. The molecule has 1 N–H and O–H groups in total. The summed E-state index contributed by atoms with van der Waals surface area (Å²) in [7, 11) is 0. The predicted molar refractivity (Wildman–Crippen MR) is 49.8 cm³/mol. The maximum atomic E-state index is 9.59. The molecule has 5 atom stereocenters. The Labute approximate surface area is 75.2 Å². The normalized spacial score (nSPS) is 48.2. The molecule has 2 aliphatic carbocycles. The zero-order valence-corrected chi connectivity index (χ0v) is 8.16. The Morgan fingerprint density at radius 2 is 2.00 bits per heavy atom. The topological polar surface area (TPSA) is 20.2 Å². The van der Waals surface area contributed by atoms with Crippen LogP contribution in [0.3, 0.4) is 0 Å². The van der Waals surface area contributed by atoms with Gasteiger partial charge in [-0.2, -0.15) is 0 Å². The van der Waals surface area contributed by atoms with E-state index in [0.29, 0.717) is 5.92 Å². The van der Waals surface area contributed by atoms with Gasteiger partial charge in [-0.1, -0.05) is 20.3 Å². The molecule has 70 valence electrons. The van der Waals surface area contributed by atoms with Gasteiger partial charge in [0.05, 0.1) is 6.10 Å². The third kappa shape index (κ3) is 1.19. The molecule has 0 unspecified atom stereocenters. The standard InChI is InChI=1S/C11H20O/c1-3-7(2)10-5-9-4-8(10)6-11(9)12/h7-12H,3-6H2,1-2H3/t7-,8+,9+,10+,11+/m0/s1. The maximum absolute atomic E-state index is 9.59. The van der Waals surface area contributed by atoms with E-state index in [9.17, 15) is 5.11 Å². The Hall–Kier alpha value is -0.0400. The molecule has 0 saturated heterocycles. The van der Waals surface area contributed by atoms with Gasteiger partial charge in [-0.05, 0) is 42.9 Å². The van der Waals surface area contributed by atoms with Gasteiger partial charge in [-0.25, -0.2) is 0 Å². The fourth-order valence-electron chi connectivity index (χ4n) is 3.29. The van der Waals surface area contributed by atoms with Crippen LogP contribution in [0.15, 0.2) is 0 Å². The molecule has 0 aromatic rings. The molecule has 1 heteroatoms. The summed E-state index contributed by atoms with van der Waals surface area (Å²) in [5.74, 6) is 3.34. The van der Waals surface area contributed by atoms with Crippen LogP contribution in [0.4, 0.5) is 0 Å². The average molecular weight is 168 g/mol. The molecule has 2 bridgehead atoms. The minimum absolute atomic E-state index is 0.0512. The van der Waals surface area contributed by atoms with Crippen LogP contribution in [0.1, 0.15) is 39.5 Å². The molecule has 0 aliphatic heterocycles. The van der Waals surface area contributed by atoms with Crippen LogP contribution in [0.2, 0.25) is 0 Å². The van der Waals surface area contributed by atoms with E-state index in [1.807, 2.05) is 0 Å². The third-order valence-corrected chi connectivity index (χ3v) is 4.25. The van der Waals surface area contributed by atoms with Gasteiger partial charge in [-0.3, -0.25) is 0 Å². The van der Waals surface area contributed by atoms with Crippen molar-refractivity contribution in [1.82, 2.24) is 0 Å². The van der Waals surface area contributed by atoms with Crippen molar-refractivity contribution < 1.29 is 5.11 Å². The summed E-state index contributed by atoms with van der Waals surface area (Å²) < 4.78 is 0. The summed E-state index contributed by atoms with van der Waals surface area (Å²) in [6, 6.07) is 0. The second-order valence-corrected chi connectivity index (χ2v) is 4.84. The number of fused-ring (bicyclic) bond motifs is 2. The fraction of sp³-hybridized carbons (Fsp3) is 1.00. The number of rotatable bonds is 2. The highest BCUT2D eigenvalue weighted by atomic mass is 16.3. The fourth-order valence-corrected chi connectivity index (χ4v) is 3.29. The Bertz CT molecular complexity index is 164. The lowest BCUT2D eigenvalue weighted by atomic mass is 9.78. The molecule has 0 aromatic carbocycles. The predicted octanol–water partition coefficient (Wildman–Crippen LogP) is 2.44. The van der Waals surface area contributed by atoms with E-state index in [1.54, 1.807) is 0 Å². The second kappa shape index (κ2) is 3.02. The Kier molecular flexibility index (Phi) is 2.16. The van der Waals surface area contributed by atoms with Crippen LogP contribution in [-0.4, -0.2) is 11.2 Å². The SMILES string of the molecule is CC[C@H](C)[C@H]1C[C@H]2C[C@@H]1C[C@H]2O. The maximum Gasteiger partial charge on any atom is 0.0571 e. The first-order valence-corrected chi connectivity index (χ1v) is 5.40. The first-order valence-electron chi connectivity index (χ1n) is 5.40. The number of aliphatic hydroxyl groups excluding tert-OH is 1. The Morgan fingerprint density at radius 3 is 2.42 bits per heavy atom. The van der Waals surface area contributed by atoms with Crippen molar-refractivity contribution >= 4 is 0 Å². The third-order valence-electron chi connectivity index (χ3n) is 4.25. The summed E-state index contributed by atoms with van der Waals surface area (Å²) in [5, 5.41) is 9.59. The van der Waals surface area contributed by atoms with Gasteiger partial charge in [0.25, 0.3) is 0 Å². The van der Waals surface area contributed by atoms with Crippen molar-refractivity contribution in [2.24, 2.45) is 23.7 Å². The zero-order valence-electron chi connectivity index (χ0n) is 8.16. The van der Waals surface area contributed by atoms with Crippen molar-refractivity contribution in [2.75, 3.05) is 0 Å². The van der Waals surface area contributed by atoms with Gasteiger partial charge < -0.3 is 5.11 Å². The van der Waals surface area contributed by atoms with Crippen LogP contribution in [-0.2, 0) is 0 Å². The molecular weight excluding hydrogens is 148 g/mol. The minimum atomic E-state index is 0.0512. The summed E-state index contributed by atoms with van der Waals surface area (Å²) in [6.07, 6.45) is 5.08. The summed E-state index contributed by atoms with van der Waals surface area (Å²) in [4.78, 5) is 0. The van der Waals surface area contributed by atoms with Gasteiger partial charge >= 0.3 is 0 Å².